The summed E-state index contributed by atoms with van der Waals surface area (Å²) in [6.45, 7) is 6.42. The van der Waals surface area contributed by atoms with Crippen LogP contribution >= 0.6 is 11.6 Å². The number of hydrogen-bond acceptors (Lipinski definition) is 3. The van der Waals surface area contributed by atoms with Gasteiger partial charge in [-0.05, 0) is 48.6 Å². The fraction of sp³-hybridized carbons (Fsp3) is 0.435. The lowest BCUT2D eigenvalue weighted by atomic mass is 10.1. The summed E-state index contributed by atoms with van der Waals surface area (Å²) in [4.78, 5) is 4.72. The minimum absolute atomic E-state index is 0.308. The number of guanidine groups is 1. The molecule has 0 aromatic heterocycles. The summed E-state index contributed by atoms with van der Waals surface area (Å²) in [5, 5.41) is 7.41. The van der Waals surface area contributed by atoms with Crippen LogP contribution in [0.1, 0.15) is 36.5 Å². The third-order valence-electron chi connectivity index (χ3n) is 4.78. The first-order chi connectivity index (χ1) is 14.2. The summed E-state index contributed by atoms with van der Waals surface area (Å²) in [5.74, 6) is 0.798. The van der Waals surface area contributed by atoms with E-state index < -0.39 is 0 Å². The van der Waals surface area contributed by atoms with Crippen LogP contribution in [0, 0.1) is 0 Å². The number of nitrogens with one attached hydrogen (secondary N) is 2. The van der Waals surface area contributed by atoms with E-state index >= 15 is 0 Å². The molecule has 2 aromatic carbocycles. The van der Waals surface area contributed by atoms with Crippen LogP contribution in [0.2, 0.25) is 5.02 Å². The van der Waals surface area contributed by atoms with E-state index in [2.05, 4.69) is 41.8 Å². The summed E-state index contributed by atoms with van der Waals surface area (Å²) in [7, 11) is 0. The highest BCUT2D eigenvalue weighted by Crippen LogP contribution is 2.15. The maximum absolute atomic E-state index is 6.03. The number of benzene rings is 2. The van der Waals surface area contributed by atoms with Gasteiger partial charge < -0.3 is 20.1 Å². The molecule has 6 heteroatoms. The summed E-state index contributed by atoms with van der Waals surface area (Å²) in [6.07, 6.45) is 2.27. The van der Waals surface area contributed by atoms with E-state index in [9.17, 15) is 0 Å². The molecule has 0 aliphatic carbocycles. The van der Waals surface area contributed by atoms with Gasteiger partial charge >= 0.3 is 0 Å². The van der Waals surface area contributed by atoms with Gasteiger partial charge in [0, 0.05) is 31.3 Å². The fourth-order valence-electron chi connectivity index (χ4n) is 3.17. The van der Waals surface area contributed by atoms with Crippen molar-refractivity contribution in [3.05, 3.63) is 70.2 Å². The van der Waals surface area contributed by atoms with Crippen LogP contribution in [-0.4, -0.2) is 31.8 Å². The molecule has 0 amide bonds. The van der Waals surface area contributed by atoms with Crippen molar-refractivity contribution in [3.63, 3.8) is 0 Å². The van der Waals surface area contributed by atoms with E-state index in [1.165, 1.54) is 11.1 Å². The van der Waals surface area contributed by atoms with Crippen LogP contribution in [0.15, 0.2) is 53.5 Å². The third-order valence-corrected chi connectivity index (χ3v) is 5.03. The average molecular weight is 416 g/mol. The van der Waals surface area contributed by atoms with Crippen LogP contribution in [0.5, 0.6) is 0 Å². The molecule has 1 fully saturated rings. The minimum Gasteiger partial charge on any atom is -0.381 e. The molecule has 0 unspecified atom stereocenters. The average Bonchev–Trinajstić information content (AvgIpc) is 2.76. The van der Waals surface area contributed by atoms with Crippen molar-refractivity contribution in [2.45, 2.75) is 45.6 Å². The fourth-order valence-corrected chi connectivity index (χ4v) is 3.30. The van der Waals surface area contributed by atoms with Crippen molar-refractivity contribution < 1.29 is 9.47 Å². The normalized spacial score (nSPS) is 15.3. The van der Waals surface area contributed by atoms with Crippen LogP contribution in [0.3, 0.4) is 0 Å². The van der Waals surface area contributed by atoms with Crippen LogP contribution in [0.25, 0.3) is 0 Å². The van der Waals surface area contributed by atoms with Gasteiger partial charge in [-0.25, -0.2) is 4.99 Å². The Bertz CT molecular complexity index is 774. The molecular weight excluding hydrogens is 386 g/mol. The summed E-state index contributed by atoms with van der Waals surface area (Å²) >= 11 is 5.95. The molecule has 0 saturated carbocycles. The van der Waals surface area contributed by atoms with Gasteiger partial charge in [0.05, 0.1) is 19.3 Å². The molecule has 0 radical (unpaired) electrons. The van der Waals surface area contributed by atoms with Crippen molar-refractivity contribution in [2.75, 3.05) is 19.8 Å². The molecule has 2 N–H and O–H groups in total. The Morgan fingerprint density at radius 2 is 1.83 bits per heavy atom. The first-order valence-electron chi connectivity index (χ1n) is 10.3. The van der Waals surface area contributed by atoms with Gasteiger partial charge in [0.15, 0.2) is 5.96 Å². The summed E-state index contributed by atoms with van der Waals surface area (Å²) in [5.41, 5.74) is 3.51. The first kappa shape index (κ1) is 21.6. The second kappa shape index (κ2) is 11.8. The van der Waals surface area contributed by atoms with Crippen LogP contribution in [0.4, 0.5) is 0 Å². The largest absolute Gasteiger partial charge is 0.381 e. The molecule has 1 aliphatic rings. The maximum atomic E-state index is 6.03. The molecule has 1 heterocycles. The Morgan fingerprint density at radius 3 is 2.59 bits per heavy atom. The van der Waals surface area contributed by atoms with Gasteiger partial charge in [0.1, 0.15) is 0 Å². The third kappa shape index (κ3) is 7.69. The zero-order valence-corrected chi connectivity index (χ0v) is 17.8. The lowest BCUT2D eigenvalue weighted by Crippen LogP contribution is -2.36. The molecule has 0 atom stereocenters. The Balaban J connectivity index is 1.53. The number of nitrogens with zero attached hydrogens (tertiary/aromatic N) is 1. The molecule has 1 saturated heterocycles. The Morgan fingerprint density at radius 1 is 1.07 bits per heavy atom. The van der Waals surface area contributed by atoms with E-state index in [0.29, 0.717) is 25.8 Å². The van der Waals surface area contributed by atoms with Crippen molar-refractivity contribution in [3.8, 4) is 0 Å². The zero-order chi connectivity index (χ0) is 20.3. The highest BCUT2D eigenvalue weighted by molar-refractivity contribution is 6.30. The first-order valence-corrected chi connectivity index (χ1v) is 10.6. The molecule has 0 spiro atoms. The van der Waals surface area contributed by atoms with Gasteiger partial charge in [-0.2, -0.15) is 0 Å². The maximum Gasteiger partial charge on any atom is 0.191 e. The van der Waals surface area contributed by atoms with E-state index in [0.717, 1.165) is 49.1 Å². The minimum atomic E-state index is 0.308. The Hall–Kier alpha value is -2.08. The van der Waals surface area contributed by atoms with Gasteiger partial charge in [0.2, 0.25) is 0 Å². The van der Waals surface area contributed by atoms with E-state index in [1.54, 1.807) is 0 Å². The molecule has 5 nitrogen and oxygen atoms in total. The standard InChI is InChI=1S/C23H30ClN3O2/c1-2-25-23(26-15-18-6-8-21(24)9-7-18)27-16-19-4-3-5-20(14-19)17-29-22-10-12-28-13-11-22/h3-9,14,22H,2,10-13,15-17H2,1H3,(H2,25,26,27). The number of aliphatic imine (C=N–C) groups is 1. The predicted octanol–water partition coefficient (Wildman–Crippen LogP) is 4.29. The lowest BCUT2D eigenvalue weighted by molar-refractivity contribution is -0.0390. The van der Waals surface area contributed by atoms with E-state index in [4.69, 9.17) is 26.1 Å². The van der Waals surface area contributed by atoms with Gasteiger partial charge in [-0.15, -0.1) is 0 Å². The topological polar surface area (TPSA) is 54.9 Å². The zero-order valence-electron chi connectivity index (χ0n) is 17.0. The Kier molecular flexibility index (Phi) is 8.81. The van der Waals surface area contributed by atoms with Crippen molar-refractivity contribution in [1.29, 1.82) is 0 Å². The SMILES string of the molecule is CCNC(=NCc1cccc(COC2CCOCC2)c1)NCc1ccc(Cl)cc1. The van der Waals surface area contributed by atoms with Crippen molar-refractivity contribution in [1.82, 2.24) is 10.6 Å². The molecule has 29 heavy (non-hydrogen) atoms. The van der Waals surface area contributed by atoms with Crippen LogP contribution in [-0.2, 0) is 29.2 Å². The Labute approximate surface area is 178 Å². The smallest absolute Gasteiger partial charge is 0.191 e. The van der Waals surface area contributed by atoms with Crippen LogP contribution < -0.4 is 10.6 Å². The molecular formula is C23H30ClN3O2. The molecule has 1 aliphatic heterocycles. The molecule has 0 bridgehead atoms. The number of hydrogen-bond donors (Lipinski definition) is 2. The quantitative estimate of drug-likeness (QED) is 0.498. The summed E-state index contributed by atoms with van der Waals surface area (Å²) in [6, 6.07) is 16.3. The second-order valence-electron chi connectivity index (χ2n) is 7.12. The second-order valence-corrected chi connectivity index (χ2v) is 7.55. The highest BCUT2D eigenvalue weighted by atomic mass is 35.5. The molecule has 3 rings (SSSR count). The van der Waals surface area contributed by atoms with Gasteiger partial charge in [-0.3, -0.25) is 0 Å². The number of ether oxygens (including phenoxy) is 2. The number of halogens is 1. The lowest BCUT2D eigenvalue weighted by Gasteiger charge is -2.22. The van der Waals surface area contributed by atoms with E-state index in [-0.39, 0.29) is 0 Å². The monoisotopic (exact) mass is 415 g/mol. The molecule has 2 aromatic rings. The number of rotatable bonds is 8. The van der Waals surface area contributed by atoms with Gasteiger partial charge in [0.25, 0.3) is 0 Å². The van der Waals surface area contributed by atoms with Gasteiger partial charge in [-0.1, -0.05) is 48.0 Å². The summed E-state index contributed by atoms with van der Waals surface area (Å²) < 4.78 is 11.4. The van der Waals surface area contributed by atoms with Crippen molar-refractivity contribution in [2.24, 2.45) is 4.99 Å². The van der Waals surface area contributed by atoms with E-state index in [1.807, 2.05) is 24.3 Å². The predicted molar refractivity (Wildman–Crippen MR) is 118 cm³/mol. The highest BCUT2D eigenvalue weighted by Gasteiger charge is 2.14. The van der Waals surface area contributed by atoms with Crippen molar-refractivity contribution >= 4 is 17.6 Å². The molecule has 156 valence electrons.